The van der Waals surface area contributed by atoms with E-state index in [9.17, 15) is 0 Å². The monoisotopic (exact) mass is 717 g/mol. The molecule has 0 atom stereocenters. The molecule has 2 heteroatoms. The summed E-state index contributed by atoms with van der Waals surface area (Å²) in [5.74, 6) is 0. The largest absolute Gasteiger partial charge is 0.360 e. The third-order valence-corrected chi connectivity index (χ3v) is 15.5. The molecule has 0 radical (unpaired) electrons. The van der Waals surface area contributed by atoms with Gasteiger partial charge >= 0.3 is 10.9 Å². The van der Waals surface area contributed by atoms with Crippen molar-refractivity contribution >= 4 is 31.1 Å². The van der Waals surface area contributed by atoms with Crippen molar-refractivity contribution in [3.63, 3.8) is 0 Å². The first-order chi connectivity index (χ1) is 20.8. The van der Waals surface area contributed by atoms with Crippen LogP contribution in [0.1, 0.15) is 245 Å². The van der Waals surface area contributed by atoms with E-state index in [2.05, 4.69) is 34.1 Å². The highest BCUT2D eigenvalue weighted by atomic mass is 127. The molecule has 0 saturated heterocycles. The maximum Gasteiger partial charge on any atom is 0.360 e. The Kier molecular flexibility index (Phi) is 41.5. The summed E-state index contributed by atoms with van der Waals surface area (Å²) < 4.78 is 0. The Balaban J connectivity index is 3.13. The van der Waals surface area contributed by atoms with E-state index in [0.29, 0.717) is 0 Å². The maximum atomic E-state index is 2.89. The summed E-state index contributed by atoms with van der Waals surface area (Å²) in [5.41, 5.74) is 0. The Labute approximate surface area is 285 Å². The van der Waals surface area contributed by atoms with Gasteiger partial charge in [-0.15, -0.1) is 0 Å². The van der Waals surface area contributed by atoms with Crippen LogP contribution in [0.15, 0.2) is 0 Å². The molecule has 0 aliphatic carbocycles. The van der Waals surface area contributed by atoms with Gasteiger partial charge in [0.15, 0.2) is 0 Å². The molecule has 0 amide bonds. The van der Waals surface area contributed by atoms with Crippen LogP contribution in [0.2, 0.25) is 10.6 Å². The van der Waals surface area contributed by atoms with Gasteiger partial charge in [0.2, 0.25) is 0 Å². The van der Waals surface area contributed by atoms with E-state index in [0.717, 1.165) is 0 Å². The van der Waals surface area contributed by atoms with Gasteiger partial charge in [0.1, 0.15) is 0 Å². The number of hydrogen-bond donors (Lipinski definition) is 0. The summed E-state index contributed by atoms with van der Waals surface area (Å²) in [6, 6.07) is 0. The molecule has 0 bridgehead atoms. The molecular weight excluding hydrogens is 634 g/mol. The van der Waals surface area contributed by atoms with Crippen molar-refractivity contribution in [1.29, 1.82) is 0 Å². The lowest BCUT2D eigenvalue weighted by atomic mass is 10.0. The van der Waals surface area contributed by atoms with Crippen LogP contribution in [0, 0.1) is 0 Å². The summed E-state index contributed by atoms with van der Waals surface area (Å²) in [5, 5.41) is 3.22. The molecule has 0 spiro atoms. The molecule has 0 aliphatic rings. The Morgan fingerprint density at radius 1 is 0.238 bits per heavy atom. The van der Waals surface area contributed by atoms with E-state index in [1.54, 1.807) is 10.6 Å². The van der Waals surface area contributed by atoms with Crippen LogP contribution in [0.5, 0.6) is 0 Å². The predicted octanol–water partition coefficient (Wildman–Crippen LogP) is 16.5. The van der Waals surface area contributed by atoms with E-state index in [1.807, 2.05) is 0 Å². The average Bonchev–Trinajstić information content (AvgIpc) is 3.00. The third kappa shape index (κ3) is 39.3. The fourth-order valence-electron chi connectivity index (χ4n) is 6.68. The quantitative estimate of drug-likeness (QED) is 0.0339. The lowest BCUT2D eigenvalue weighted by Gasteiger charge is -2.06. The average molecular weight is 717 g/mol. The fourth-order valence-corrected chi connectivity index (χ4v) is 11.1. The van der Waals surface area contributed by atoms with E-state index in [-0.39, 0.29) is 0 Å². The number of rotatable bonds is 38. The molecular formula is C40H82AlI. The molecule has 0 nitrogen and oxygen atoms in total. The van der Waals surface area contributed by atoms with Crippen LogP contribution in [-0.2, 0) is 0 Å². The molecule has 0 unspecified atom stereocenters. The summed E-state index contributed by atoms with van der Waals surface area (Å²) in [6.07, 6.45) is 53.6. The van der Waals surface area contributed by atoms with Gasteiger partial charge in [-0.3, -0.25) is 0 Å². The number of hydrogen-bond acceptors (Lipinski definition) is 0. The Morgan fingerprint density at radius 3 is 0.548 bits per heavy atom. The molecule has 0 rings (SSSR count). The van der Waals surface area contributed by atoms with Gasteiger partial charge in [0, 0.05) is 0 Å². The van der Waals surface area contributed by atoms with Crippen molar-refractivity contribution in [2.45, 2.75) is 256 Å². The first kappa shape index (κ1) is 43.3. The molecule has 0 aromatic heterocycles. The lowest BCUT2D eigenvalue weighted by molar-refractivity contribution is 0.526. The van der Waals surface area contributed by atoms with Crippen LogP contribution in [0.25, 0.3) is 0 Å². The summed E-state index contributed by atoms with van der Waals surface area (Å²) >= 11 is 2.89. The van der Waals surface area contributed by atoms with Gasteiger partial charge in [-0.1, -0.05) is 256 Å². The minimum atomic E-state index is -0.424. The highest BCUT2D eigenvalue weighted by Gasteiger charge is 2.12. The van der Waals surface area contributed by atoms with E-state index in [4.69, 9.17) is 0 Å². The topological polar surface area (TPSA) is 0 Å². The van der Waals surface area contributed by atoms with Gasteiger partial charge in [0.25, 0.3) is 0 Å². The van der Waals surface area contributed by atoms with E-state index < -0.39 is 10.9 Å². The zero-order chi connectivity index (χ0) is 30.4. The summed E-state index contributed by atoms with van der Waals surface area (Å²) in [4.78, 5) is 0. The number of halogens is 1. The third-order valence-electron chi connectivity index (χ3n) is 9.74. The Hall–Kier alpha value is 1.26. The second kappa shape index (κ2) is 40.3. The normalized spacial score (nSPS) is 11.5. The van der Waals surface area contributed by atoms with Crippen molar-refractivity contribution in [3.05, 3.63) is 0 Å². The zero-order valence-corrected chi connectivity index (χ0v) is 33.1. The van der Waals surface area contributed by atoms with Gasteiger partial charge in [-0.2, -0.15) is 0 Å². The molecule has 0 aliphatic heterocycles. The molecule has 42 heavy (non-hydrogen) atoms. The SMILES string of the molecule is CCCCCCCCCCCCCCCCCCC[CH2][Al]([I])[CH2]CCCCCCCCCCCCCCCCCCC. The molecule has 252 valence electrons. The molecule has 0 aromatic carbocycles. The predicted molar refractivity (Wildman–Crippen MR) is 207 cm³/mol. The van der Waals surface area contributed by atoms with Gasteiger partial charge in [-0.25, -0.2) is 20.3 Å². The first-order valence-corrected chi connectivity index (χ1v) is 26.3. The van der Waals surface area contributed by atoms with Crippen LogP contribution in [-0.4, -0.2) is 10.9 Å². The molecule has 0 saturated carbocycles. The first-order valence-electron chi connectivity index (χ1n) is 20.4. The Bertz CT molecular complexity index is 413. The second-order valence-corrected chi connectivity index (χ2v) is 21.8. The van der Waals surface area contributed by atoms with Crippen LogP contribution in [0.3, 0.4) is 0 Å². The maximum absolute atomic E-state index is 2.89. The Morgan fingerprint density at radius 2 is 0.381 bits per heavy atom. The second-order valence-electron chi connectivity index (χ2n) is 14.2. The van der Waals surface area contributed by atoms with Crippen molar-refractivity contribution in [2.24, 2.45) is 0 Å². The summed E-state index contributed by atoms with van der Waals surface area (Å²) in [6.45, 7) is 4.62. The van der Waals surface area contributed by atoms with Crippen molar-refractivity contribution in [2.75, 3.05) is 0 Å². The highest BCUT2D eigenvalue weighted by molar-refractivity contribution is 14.1. The summed E-state index contributed by atoms with van der Waals surface area (Å²) in [7, 11) is -0.424. The van der Waals surface area contributed by atoms with Crippen molar-refractivity contribution in [1.82, 2.24) is 0 Å². The molecule has 0 aromatic rings. The molecule has 0 heterocycles. The standard InChI is InChI=1S/2C20H41.Al.HI/c2*1-3-5-7-9-11-13-15-17-19-20-18-16-14-12-10-8-6-4-2;;/h2*1,3-20H2,2H3;;1H/q;;+1;/p-1. The fraction of sp³-hybridized carbons (Fsp3) is 1.00. The van der Waals surface area contributed by atoms with Gasteiger partial charge in [-0.05, 0) is 0 Å². The number of unbranched alkanes of at least 4 members (excludes halogenated alkanes) is 34. The zero-order valence-electron chi connectivity index (χ0n) is 29.8. The minimum absolute atomic E-state index is 0.424. The van der Waals surface area contributed by atoms with Crippen molar-refractivity contribution < 1.29 is 0 Å². The van der Waals surface area contributed by atoms with E-state index in [1.165, 1.54) is 231 Å². The highest BCUT2D eigenvalue weighted by Crippen LogP contribution is 2.20. The van der Waals surface area contributed by atoms with Crippen LogP contribution < -0.4 is 0 Å². The van der Waals surface area contributed by atoms with Crippen molar-refractivity contribution in [3.8, 4) is 0 Å². The van der Waals surface area contributed by atoms with Gasteiger partial charge in [0.05, 0.1) is 0 Å². The smallest absolute Gasteiger partial charge is 0.209 e. The lowest BCUT2D eigenvalue weighted by Crippen LogP contribution is -2.01. The van der Waals surface area contributed by atoms with Gasteiger partial charge < -0.3 is 0 Å². The molecule has 0 N–H and O–H groups in total. The van der Waals surface area contributed by atoms with Crippen LogP contribution >= 0.6 is 20.3 Å². The van der Waals surface area contributed by atoms with Crippen LogP contribution in [0.4, 0.5) is 0 Å². The van der Waals surface area contributed by atoms with E-state index >= 15 is 0 Å². The minimum Gasteiger partial charge on any atom is -0.209 e. The molecule has 0 fully saturated rings.